The molecular weight excluding hydrogens is 364 g/mol. The summed E-state index contributed by atoms with van der Waals surface area (Å²) in [5.74, 6) is -1.61. The standard InChI is InChI=1S/C25H40O4/c1-3-5-7-9-10-12-14-18-21(17-13-11-8-6-4-2)29-25(28)23-20-16-15-19-22(23)24(26)27/h15-16,19-21H,3-14,17-18H2,1-2H3,(H,26,27). The third kappa shape index (κ3) is 11.1. The number of aromatic carboxylic acids is 1. The lowest BCUT2D eigenvalue weighted by Gasteiger charge is -2.19. The van der Waals surface area contributed by atoms with Crippen LogP contribution in [0.1, 0.15) is 124 Å². The molecule has 1 rings (SSSR count). The van der Waals surface area contributed by atoms with Crippen LogP contribution in [0.15, 0.2) is 24.3 Å². The lowest BCUT2D eigenvalue weighted by molar-refractivity contribution is 0.0244. The zero-order valence-corrected chi connectivity index (χ0v) is 18.5. The van der Waals surface area contributed by atoms with E-state index in [1.165, 1.54) is 69.9 Å². The zero-order chi connectivity index (χ0) is 21.3. The topological polar surface area (TPSA) is 63.6 Å². The third-order valence-electron chi connectivity index (χ3n) is 5.41. The molecule has 0 radical (unpaired) electrons. The molecule has 1 unspecified atom stereocenters. The predicted octanol–water partition coefficient (Wildman–Crippen LogP) is 7.41. The SMILES string of the molecule is CCCCCCCCCC(CCCCCCC)OC(=O)c1ccccc1C(=O)O. The van der Waals surface area contributed by atoms with Gasteiger partial charge in [0.05, 0.1) is 11.1 Å². The summed E-state index contributed by atoms with van der Waals surface area (Å²) in [5.41, 5.74) is 0.158. The lowest BCUT2D eigenvalue weighted by Crippen LogP contribution is -2.20. The van der Waals surface area contributed by atoms with Gasteiger partial charge in [-0.3, -0.25) is 0 Å². The number of esters is 1. The van der Waals surface area contributed by atoms with Gasteiger partial charge in [-0.05, 0) is 37.8 Å². The Labute approximate surface area is 177 Å². The molecule has 0 fully saturated rings. The van der Waals surface area contributed by atoms with Gasteiger partial charge in [0.2, 0.25) is 0 Å². The van der Waals surface area contributed by atoms with Crippen LogP contribution < -0.4 is 0 Å². The van der Waals surface area contributed by atoms with Crippen LogP contribution in [0.2, 0.25) is 0 Å². The van der Waals surface area contributed by atoms with E-state index in [2.05, 4.69) is 13.8 Å². The molecule has 0 spiro atoms. The molecule has 0 aromatic heterocycles. The molecule has 0 saturated carbocycles. The summed E-state index contributed by atoms with van der Waals surface area (Å²) in [7, 11) is 0. The molecule has 0 aliphatic heterocycles. The Bertz CT molecular complexity index is 582. The summed E-state index contributed by atoms with van der Waals surface area (Å²) in [6.45, 7) is 4.42. The quantitative estimate of drug-likeness (QED) is 0.217. The van der Waals surface area contributed by atoms with Gasteiger partial charge >= 0.3 is 11.9 Å². The minimum atomic E-state index is -1.10. The number of ether oxygens (including phenoxy) is 1. The molecule has 0 aliphatic carbocycles. The summed E-state index contributed by atoms with van der Waals surface area (Å²) in [5, 5.41) is 9.33. The molecule has 0 bridgehead atoms. The number of carbonyl (C=O) groups excluding carboxylic acids is 1. The molecule has 0 saturated heterocycles. The summed E-state index contributed by atoms with van der Waals surface area (Å²) in [6, 6.07) is 6.30. The van der Waals surface area contributed by atoms with Crippen molar-refractivity contribution in [2.75, 3.05) is 0 Å². The Morgan fingerprint density at radius 1 is 0.759 bits per heavy atom. The van der Waals surface area contributed by atoms with E-state index < -0.39 is 11.9 Å². The van der Waals surface area contributed by atoms with Gasteiger partial charge < -0.3 is 9.84 Å². The van der Waals surface area contributed by atoms with Crippen LogP contribution in [0.3, 0.4) is 0 Å². The van der Waals surface area contributed by atoms with Crippen LogP contribution in [0.5, 0.6) is 0 Å². The van der Waals surface area contributed by atoms with Crippen molar-refractivity contribution in [2.24, 2.45) is 0 Å². The van der Waals surface area contributed by atoms with Crippen molar-refractivity contribution in [2.45, 2.75) is 110 Å². The third-order valence-corrected chi connectivity index (χ3v) is 5.41. The van der Waals surface area contributed by atoms with Gasteiger partial charge in [0, 0.05) is 0 Å². The van der Waals surface area contributed by atoms with Gasteiger partial charge in [0.15, 0.2) is 0 Å². The largest absolute Gasteiger partial charge is 0.478 e. The molecule has 4 nitrogen and oxygen atoms in total. The van der Waals surface area contributed by atoms with Crippen LogP contribution in [-0.2, 0) is 4.74 Å². The lowest BCUT2D eigenvalue weighted by atomic mass is 10.0. The van der Waals surface area contributed by atoms with E-state index in [1.54, 1.807) is 12.1 Å². The fraction of sp³-hybridized carbons (Fsp3) is 0.680. The van der Waals surface area contributed by atoms with Gasteiger partial charge in [0.25, 0.3) is 0 Å². The number of benzene rings is 1. The van der Waals surface area contributed by atoms with Crippen molar-refractivity contribution < 1.29 is 19.4 Å². The normalized spacial score (nSPS) is 11.9. The fourth-order valence-corrected chi connectivity index (χ4v) is 3.63. The van der Waals surface area contributed by atoms with Gasteiger partial charge in [-0.25, -0.2) is 9.59 Å². The maximum atomic E-state index is 12.6. The first kappa shape index (κ1) is 25.2. The van der Waals surface area contributed by atoms with Gasteiger partial charge in [-0.2, -0.15) is 0 Å². The van der Waals surface area contributed by atoms with Gasteiger partial charge in [0.1, 0.15) is 6.10 Å². The van der Waals surface area contributed by atoms with Crippen molar-refractivity contribution in [3.63, 3.8) is 0 Å². The highest BCUT2D eigenvalue weighted by Gasteiger charge is 2.20. The number of carboxylic acid groups (broad SMARTS) is 1. The molecule has 1 atom stereocenters. The van der Waals surface area contributed by atoms with Crippen molar-refractivity contribution in [3.8, 4) is 0 Å². The molecule has 1 N–H and O–H groups in total. The van der Waals surface area contributed by atoms with Crippen molar-refractivity contribution in [1.82, 2.24) is 0 Å². The van der Waals surface area contributed by atoms with Gasteiger partial charge in [-0.1, -0.05) is 90.2 Å². The number of rotatable bonds is 17. The Kier molecular flexibility index (Phi) is 13.9. The Hall–Kier alpha value is -1.84. The van der Waals surface area contributed by atoms with Crippen LogP contribution >= 0.6 is 0 Å². The highest BCUT2D eigenvalue weighted by Crippen LogP contribution is 2.19. The predicted molar refractivity (Wildman–Crippen MR) is 119 cm³/mol. The van der Waals surface area contributed by atoms with E-state index in [4.69, 9.17) is 4.74 Å². The molecule has 1 aromatic carbocycles. The number of carboxylic acids is 1. The number of hydrogen-bond acceptors (Lipinski definition) is 3. The first-order valence-corrected chi connectivity index (χ1v) is 11.6. The first-order valence-electron chi connectivity index (χ1n) is 11.6. The minimum absolute atomic E-state index is 0.00937. The van der Waals surface area contributed by atoms with E-state index in [0.717, 1.165) is 32.1 Å². The highest BCUT2D eigenvalue weighted by molar-refractivity contribution is 6.02. The summed E-state index contributed by atoms with van der Waals surface area (Å²) < 4.78 is 5.78. The second-order valence-electron chi connectivity index (χ2n) is 7.99. The van der Waals surface area contributed by atoms with E-state index in [0.29, 0.717) is 0 Å². The monoisotopic (exact) mass is 404 g/mol. The molecule has 4 heteroatoms. The molecular formula is C25H40O4. The van der Waals surface area contributed by atoms with Crippen molar-refractivity contribution in [3.05, 3.63) is 35.4 Å². The second kappa shape index (κ2) is 16.0. The average molecular weight is 405 g/mol. The molecule has 1 aromatic rings. The molecule has 0 aliphatic rings. The van der Waals surface area contributed by atoms with Crippen LogP contribution in [-0.4, -0.2) is 23.1 Å². The summed E-state index contributed by atoms with van der Waals surface area (Å²) >= 11 is 0. The highest BCUT2D eigenvalue weighted by atomic mass is 16.5. The van der Waals surface area contributed by atoms with E-state index >= 15 is 0 Å². The number of hydrogen-bond donors (Lipinski definition) is 1. The fourth-order valence-electron chi connectivity index (χ4n) is 3.63. The average Bonchev–Trinajstić information content (AvgIpc) is 2.72. The minimum Gasteiger partial charge on any atom is -0.478 e. The second-order valence-corrected chi connectivity index (χ2v) is 7.99. The molecule has 0 heterocycles. The van der Waals surface area contributed by atoms with Crippen LogP contribution in [0.4, 0.5) is 0 Å². The Morgan fingerprint density at radius 2 is 1.21 bits per heavy atom. The first-order chi connectivity index (χ1) is 14.1. The number of carbonyl (C=O) groups is 2. The van der Waals surface area contributed by atoms with E-state index in [-0.39, 0.29) is 17.2 Å². The molecule has 29 heavy (non-hydrogen) atoms. The van der Waals surface area contributed by atoms with E-state index in [1.807, 2.05) is 0 Å². The molecule has 164 valence electrons. The zero-order valence-electron chi connectivity index (χ0n) is 18.5. The Morgan fingerprint density at radius 3 is 1.69 bits per heavy atom. The smallest absolute Gasteiger partial charge is 0.339 e. The van der Waals surface area contributed by atoms with Crippen LogP contribution in [0.25, 0.3) is 0 Å². The summed E-state index contributed by atoms with van der Waals surface area (Å²) in [6.07, 6.45) is 16.1. The molecule has 0 amide bonds. The maximum Gasteiger partial charge on any atom is 0.339 e. The van der Waals surface area contributed by atoms with Gasteiger partial charge in [-0.15, -0.1) is 0 Å². The van der Waals surface area contributed by atoms with E-state index in [9.17, 15) is 14.7 Å². The van der Waals surface area contributed by atoms with Crippen molar-refractivity contribution in [1.29, 1.82) is 0 Å². The Balaban J connectivity index is 2.55. The number of unbranched alkanes of at least 4 members (excludes halogenated alkanes) is 10. The maximum absolute atomic E-state index is 12.6. The van der Waals surface area contributed by atoms with Crippen LogP contribution in [0, 0.1) is 0 Å². The summed E-state index contributed by atoms with van der Waals surface area (Å²) in [4.78, 5) is 24.0. The van der Waals surface area contributed by atoms with Crippen molar-refractivity contribution >= 4 is 11.9 Å².